The molecule has 2 N–H and O–H groups in total. The van der Waals surface area contributed by atoms with Gasteiger partial charge in [-0.2, -0.15) is 0 Å². The van der Waals surface area contributed by atoms with Crippen LogP contribution in [0.1, 0.15) is 10.4 Å². The number of amides is 1. The van der Waals surface area contributed by atoms with Gasteiger partial charge in [0.1, 0.15) is 11.4 Å². The zero-order valence-corrected chi connectivity index (χ0v) is 15.1. The number of para-hydroxylation sites is 2. The van der Waals surface area contributed by atoms with Gasteiger partial charge in [0.2, 0.25) is 0 Å². The molecule has 0 saturated heterocycles. The summed E-state index contributed by atoms with van der Waals surface area (Å²) in [6.45, 7) is 0. The van der Waals surface area contributed by atoms with Crippen LogP contribution >= 0.6 is 12.2 Å². The molecule has 0 radical (unpaired) electrons. The molecule has 0 fully saturated rings. The van der Waals surface area contributed by atoms with Crippen LogP contribution in [0.5, 0.6) is 5.75 Å². The third-order valence-electron chi connectivity index (χ3n) is 3.89. The van der Waals surface area contributed by atoms with E-state index in [1.807, 2.05) is 24.3 Å². The Balaban J connectivity index is 1.82. The van der Waals surface area contributed by atoms with Gasteiger partial charge in [-0.05, 0) is 41.2 Å². The number of methoxy groups -OCH3 is 1. The molecular formula is C19H15N3O4S. The highest BCUT2D eigenvalue weighted by Gasteiger charge is 2.17. The number of benzene rings is 3. The Morgan fingerprint density at radius 3 is 2.37 bits per heavy atom. The lowest BCUT2D eigenvalue weighted by Crippen LogP contribution is -2.34. The maximum Gasteiger partial charge on any atom is 0.292 e. The Bertz CT molecular complexity index is 1050. The summed E-state index contributed by atoms with van der Waals surface area (Å²) in [5, 5.41) is 18.0. The molecule has 8 heteroatoms. The summed E-state index contributed by atoms with van der Waals surface area (Å²) in [5.74, 6) is -0.0756. The summed E-state index contributed by atoms with van der Waals surface area (Å²) >= 11 is 5.13. The van der Waals surface area contributed by atoms with E-state index in [4.69, 9.17) is 17.0 Å². The monoisotopic (exact) mass is 381 g/mol. The van der Waals surface area contributed by atoms with Crippen molar-refractivity contribution in [2.24, 2.45) is 0 Å². The van der Waals surface area contributed by atoms with Crippen LogP contribution in [0.25, 0.3) is 10.8 Å². The van der Waals surface area contributed by atoms with Crippen molar-refractivity contribution in [2.75, 3.05) is 12.4 Å². The molecule has 0 aliphatic rings. The molecule has 0 aromatic heterocycles. The summed E-state index contributed by atoms with van der Waals surface area (Å²) in [6.07, 6.45) is 0. The van der Waals surface area contributed by atoms with Gasteiger partial charge in [-0.25, -0.2) is 0 Å². The lowest BCUT2D eigenvalue weighted by molar-refractivity contribution is -0.383. The Morgan fingerprint density at radius 2 is 1.70 bits per heavy atom. The molecule has 0 spiro atoms. The average molecular weight is 381 g/mol. The average Bonchev–Trinajstić information content (AvgIpc) is 2.67. The largest absolute Gasteiger partial charge is 0.496 e. The molecule has 27 heavy (non-hydrogen) atoms. The third-order valence-corrected chi connectivity index (χ3v) is 4.09. The van der Waals surface area contributed by atoms with Gasteiger partial charge in [-0.15, -0.1) is 0 Å². The van der Waals surface area contributed by atoms with Gasteiger partial charge >= 0.3 is 0 Å². The molecule has 3 rings (SSSR count). The number of ether oxygens (including phenoxy) is 1. The highest BCUT2D eigenvalue weighted by atomic mass is 32.1. The number of anilines is 1. The van der Waals surface area contributed by atoms with Crippen LogP contribution in [-0.2, 0) is 0 Å². The van der Waals surface area contributed by atoms with Gasteiger partial charge in [-0.3, -0.25) is 20.2 Å². The summed E-state index contributed by atoms with van der Waals surface area (Å²) in [6, 6.07) is 17.1. The first kappa shape index (κ1) is 18.3. The van der Waals surface area contributed by atoms with E-state index in [1.165, 1.54) is 19.2 Å². The number of fused-ring (bicyclic) bond motifs is 1. The van der Waals surface area contributed by atoms with Crippen LogP contribution in [0.4, 0.5) is 11.4 Å². The summed E-state index contributed by atoms with van der Waals surface area (Å²) in [4.78, 5) is 23.2. The van der Waals surface area contributed by atoms with Gasteiger partial charge in [0.15, 0.2) is 5.11 Å². The second-order valence-corrected chi connectivity index (χ2v) is 5.99. The minimum Gasteiger partial charge on any atom is -0.496 e. The van der Waals surface area contributed by atoms with E-state index in [0.29, 0.717) is 11.3 Å². The Kier molecular flexibility index (Phi) is 5.28. The first-order chi connectivity index (χ1) is 13.0. The van der Waals surface area contributed by atoms with Crippen LogP contribution in [0.15, 0.2) is 60.7 Å². The van der Waals surface area contributed by atoms with Crippen molar-refractivity contribution in [3.05, 3.63) is 76.3 Å². The van der Waals surface area contributed by atoms with Gasteiger partial charge < -0.3 is 10.1 Å². The topological polar surface area (TPSA) is 93.5 Å². The summed E-state index contributed by atoms with van der Waals surface area (Å²) < 4.78 is 5.31. The molecule has 0 bridgehead atoms. The maximum atomic E-state index is 12.6. The number of rotatable bonds is 4. The zero-order valence-electron chi connectivity index (χ0n) is 14.3. The van der Waals surface area contributed by atoms with E-state index in [1.54, 1.807) is 24.3 Å². The first-order valence-corrected chi connectivity index (χ1v) is 8.33. The molecule has 0 aliphatic heterocycles. The van der Waals surface area contributed by atoms with Crippen molar-refractivity contribution in [1.82, 2.24) is 5.32 Å². The number of thiocarbonyl (C=S) groups is 1. The zero-order chi connectivity index (χ0) is 19.4. The molecule has 0 heterocycles. The summed E-state index contributed by atoms with van der Waals surface area (Å²) in [5.41, 5.74) is 0.360. The predicted molar refractivity (Wildman–Crippen MR) is 107 cm³/mol. The van der Waals surface area contributed by atoms with Crippen LogP contribution < -0.4 is 15.4 Å². The van der Waals surface area contributed by atoms with Crippen LogP contribution in [0.2, 0.25) is 0 Å². The molecule has 1 amide bonds. The molecule has 0 atom stereocenters. The molecule has 0 aliphatic carbocycles. The van der Waals surface area contributed by atoms with Crippen molar-refractivity contribution in [1.29, 1.82) is 0 Å². The molecule has 7 nitrogen and oxygen atoms in total. The van der Waals surface area contributed by atoms with Crippen LogP contribution in [0.3, 0.4) is 0 Å². The standard InChI is InChI=1S/C19H15N3O4S/c1-26-17-11-13-7-3-2-6-12(13)10-14(17)18(23)21-19(27)20-15-8-4-5-9-16(15)22(24)25/h2-11H,1H3,(H2,20,21,23,27). The number of nitrogens with one attached hydrogen (secondary N) is 2. The number of hydrogen-bond acceptors (Lipinski definition) is 5. The van der Waals surface area contributed by atoms with E-state index in [0.717, 1.165) is 10.8 Å². The number of hydrogen-bond donors (Lipinski definition) is 2. The molecular weight excluding hydrogens is 366 g/mol. The predicted octanol–water partition coefficient (Wildman–Crippen LogP) is 3.88. The number of nitro groups is 1. The Labute approximate surface area is 160 Å². The normalized spacial score (nSPS) is 10.3. The van der Waals surface area contributed by atoms with E-state index >= 15 is 0 Å². The van der Waals surface area contributed by atoms with Crippen molar-refractivity contribution in [2.45, 2.75) is 0 Å². The highest BCUT2D eigenvalue weighted by molar-refractivity contribution is 7.80. The SMILES string of the molecule is COc1cc2ccccc2cc1C(=O)NC(=S)Nc1ccccc1[N+](=O)[O-]. The Hall–Kier alpha value is -3.52. The van der Waals surface area contributed by atoms with Gasteiger partial charge in [0, 0.05) is 6.07 Å². The van der Waals surface area contributed by atoms with E-state index < -0.39 is 10.8 Å². The fourth-order valence-corrected chi connectivity index (χ4v) is 2.83. The molecule has 3 aromatic rings. The minimum absolute atomic E-state index is 0.0514. The molecule has 3 aromatic carbocycles. The minimum atomic E-state index is -0.529. The van der Waals surface area contributed by atoms with Gasteiger partial charge in [0.25, 0.3) is 11.6 Å². The lowest BCUT2D eigenvalue weighted by Gasteiger charge is -2.13. The molecule has 136 valence electrons. The van der Waals surface area contributed by atoms with E-state index in [-0.39, 0.29) is 16.5 Å². The van der Waals surface area contributed by atoms with Crippen LogP contribution in [-0.4, -0.2) is 23.1 Å². The van der Waals surface area contributed by atoms with E-state index in [2.05, 4.69) is 10.6 Å². The van der Waals surface area contributed by atoms with E-state index in [9.17, 15) is 14.9 Å². The second-order valence-electron chi connectivity index (χ2n) is 5.58. The van der Waals surface area contributed by atoms with Gasteiger partial charge in [-0.1, -0.05) is 36.4 Å². The lowest BCUT2D eigenvalue weighted by atomic mass is 10.1. The quantitative estimate of drug-likeness (QED) is 0.405. The number of nitrogens with zero attached hydrogens (tertiary/aromatic N) is 1. The molecule has 0 saturated carbocycles. The fourth-order valence-electron chi connectivity index (χ4n) is 2.63. The van der Waals surface area contributed by atoms with Crippen molar-refractivity contribution < 1.29 is 14.5 Å². The smallest absolute Gasteiger partial charge is 0.292 e. The molecule has 0 unspecified atom stereocenters. The highest BCUT2D eigenvalue weighted by Crippen LogP contribution is 2.26. The maximum absolute atomic E-state index is 12.6. The second kappa shape index (κ2) is 7.79. The van der Waals surface area contributed by atoms with Gasteiger partial charge in [0.05, 0.1) is 17.6 Å². The summed E-state index contributed by atoms with van der Waals surface area (Å²) in [7, 11) is 1.48. The van der Waals surface area contributed by atoms with Crippen molar-refractivity contribution in [3.63, 3.8) is 0 Å². The van der Waals surface area contributed by atoms with Crippen LogP contribution in [0, 0.1) is 10.1 Å². The Morgan fingerprint density at radius 1 is 1.07 bits per heavy atom. The number of carbonyl (C=O) groups is 1. The first-order valence-electron chi connectivity index (χ1n) is 7.92. The van der Waals surface area contributed by atoms with Crippen molar-refractivity contribution in [3.8, 4) is 5.75 Å². The third kappa shape index (κ3) is 4.01. The van der Waals surface area contributed by atoms with Crippen molar-refractivity contribution >= 4 is 45.4 Å². The fraction of sp³-hybridized carbons (Fsp3) is 0.0526. The number of nitro benzene ring substituents is 1. The number of carbonyl (C=O) groups excluding carboxylic acids is 1.